The molecule has 1 aliphatic heterocycles. The normalized spacial score (nSPS) is 30.3. The van der Waals surface area contributed by atoms with Crippen LogP contribution in [0.1, 0.15) is 40.5 Å². The maximum atomic E-state index is 13.7. The molecule has 0 aromatic rings. The highest BCUT2D eigenvalue weighted by molar-refractivity contribution is 6.23. The summed E-state index contributed by atoms with van der Waals surface area (Å²) in [4.78, 5) is 53.7. The van der Waals surface area contributed by atoms with E-state index in [-0.39, 0.29) is 47.3 Å². The Hall–Kier alpha value is -3.29. The van der Waals surface area contributed by atoms with Gasteiger partial charge in [-0.1, -0.05) is 38.2 Å². The molecule has 0 saturated carbocycles. The third kappa shape index (κ3) is 11.5. The van der Waals surface area contributed by atoms with Crippen molar-refractivity contribution in [3.8, 4) is 0 Å². The van der Waals surface area contributed by atoms with Crippen molar-refractivity contribution in [3.05, 3.63) is 58.5 Å². The van der Waals surface area contributed by atoms with Gasteiger partial charge in [0.15, 0.2) is 6.10 Å². The van der Waals surface area contributed by atoms with E-state index in [0.29, 0.717) is 25.1 Å². The van der Waals surface area contributed by atoms with Crippen LogP contribution in [-0.2, 0) is 28.6 Å². The SMILES string of the molecule is CO[C@@H]1/C=C/C=C(/C)C(=O)NC2=CC(=O)C(NCCN(C)C)=C(C[C@@H](C)C[C@@H](OC)[C@@H](O)[C@H](C)/C=C(\C)[C@H]1OC(N)=O)C2=O.Cl. The van der Waals surface area contributed by atoms with E-state index >= 15 is 0 Å². The summed E-state index contributed by atoms with van der Waals surface area (Å²) in [6, 6.07) is 0. The minimum Gasteiger partial charge on any atom is -0.439 e. The fourth-order valence-electron chi connectivity index (χ4n) is 5.18. The summed E-state index contributed by atoms with van der Waals surface area (Å²) in [6.45, 7) is 8.09. The molecule has 0 spiro atoms. The largest absolute Gasteiger partial charge is 0.439 e. The Labute approximate surface area is 272 Å². The molecule has 2 bridgehead atoms. The molecule has 45 heavy (non-hydrogen) atoms. The fourth-order valence-corrected chi connectivity index (χ4v) is 5.18. The fraction of sp³-hybridized carbons (Fsp3) is 0.562. The number of ketones is 2. The molecule has 0 aromatic heterocycles. The van der Waals surface area contributed by atoms with Gasteiger partial charge in [-0.15, -0.1) is 12.4 Å². The molecule has 5 N–H and O–H groups in total. The molecule has 0 unspecified atom stereocenters. The van der Waals surface area contributed by atoms with Crippen LogP contribution in [0, 0.1) is 11.8 Å². The molecule has 2 rings (SSSR count). The molecule has 13 heteroatoms. The standard InChI is InChI=1S/C32H48N4O8.ClH/c1-18-14-22-27(34-12-13-36(5)6)24(37)17-23(29(22)39)35-31(40)19(2)10-9-11-25(42-7)30(44-32(33)41)21(4)16-20(3)28(38)26(15-18)43-8;/h9-11,16-18,20,25-26,28,30,34,38H,12-15H2,1-8H3,(H2,33,41)(H,35,40);1H/b11-9+,19-10-,21-16+;/t18-,20-,25-,26-,28+,30-;/m1./s1. The summed E-state index contributed by atoms with van der Waals surface area (Å²) in [7, 11) is 6.74. The summed E-state index contributed by atoms with van der Waals surface area (Å²) >= 11 is 0. The number of hydrogen-bond acceptors (Lipinski definition) is 10. The third-order valence-electron chi connectivity index (χ3n) is 7.65. The van der Waals surface area contributed by atoms with Gasteiger partial charge in [0.25, 0.3) is 5.91 Å². The van der Waals surface area contributed by atoms with Gasteiger partial charge in [0.05, 0.1) is 23.6 Å². The van der Waals surface area contributed by atoms with Crippen molar-refractivity contribution >= 4 is 36.0 Å². The van der Waals surface area contributed by atoms with E-state index < -0.39 is 53.9 Å². The van der Waals surface area contributed by atoms with Gasteiger partial charge >= 0.3 is 6.09 Å². The Morgan fingerprint density at radius 2 is 1.82 bits per heavy atom. The van der Waals surface area contributed by atoms with E-state index in [1.807, 2.05) is 32.8 Å². The lowest BCUT2D eigenvalue weighted by Gasteiger charge is -2.30. The monoisotopic (exact) mass is 652 g/mol. The van der Waals surface area contributed by atoms with Gasteiger partial charge in [0, 0.05) is 50.4 Å². The number of likely N-dealkylation sites (N-methyl/N-ethyl adjacent to an activating group) is 1. The van der Waals surface area contributed by atoms with Crippen LogP contribution < -0.4 is 16.4 Å². The molecule has 2 amide bonds. The zero-order valence-electron chi connectivity index (χ0n) is 27.4. The molecule has 1 heterocycles. The Kier molecular flexibility index (Phi) is 16.4. The number of aliphatic hydroxyl groups is 1. The topological polar surface area (TPSA) is 170 Å². The van der Waals surface area contributed by atoms with E-state index in [2.05, 4.69) is 10.6 Å². The second-order valence-corrected chi connectivity index (χ2v) is 11.7. The van der Waals surface area contributed by atoms with E-state index in [0.717, 1.165) is 6.08 Å². The molecular formula is C32H49ClN4O8. The first-order valence-electron chi connectivity index (χ1n) is 14.7. The maximum Gasteiger partial charge on any atom is 0.405 e. The minimum absolute atomic E-state index is 0. The van der Waals surface area contributed by atoms with Crippen LogP contribution in [0.5, 0.6) is 0 Å². The number of Topliss-reactive ketones (excluding diaryl/α,β-unsaturated/α-hetero) is 1. The summed E-state index contributed by atoms with van der Waals surface area (Å²) in [5.74, 6) is -2.06. The lowest BCUT2D eigenvalue weighted by atomic mass is 9.85. The second kappa shape index (κ2) is 18.6. The van der Waals surface area contributed by atoms with E-state index in [9.17, 15) is 24.3 Å². The summed E-state index contributed by atoms with van der Waals surface area (Å²) < 4.78 is 16.6. The van der Waals surface area contributed by atoms with Crippen LogP contribution in [0.3, 0.4) is 0 Å². The molecule has 1 aliphatic carbocycles. The average Bonchev–Trinajstić information content (AvgIpc) is 2.95. The Bertz CT molecular complexity index is 1240. The van der Waals surface area contributed by atoms with Crippen LogP contribution in [-0.4, -0.2) is 99.4 Å². The molecule has 0 saturated heterocycles. The highest BCUT2D eigenvalue weighted by Crippen LogP contribution is 2.28. The number of nitrogens with one attached hydrogen (secondary N) is 2. The van der Waals surface area contributed by atoms with E-state index in [1.54, 1.807) is 32.1 Å². The first-order valence-corrected chi connectivity index (χ1v) is 14.7. The summed E-state index contributed by atoms with van der Waals surface area (Å²) in [5.41, 5.74) is 6.55. The molecule has 0 fully saturated rings. The van der Waals surface area contributed by atoms with Gasteiger partial charge in [-0.2, -0.15) is 0 Å². The molecular weight excluding hydrogens is 604 g/mol. The van der Waals surface area contributed by atoms with Crippen molar-refractivity contribution in [2.45, 2.75) is 65.0 Å². The molecule has 0 aromatic carbocycles. The van der Waals surface area contributed by atoms with Gasteiger partial charge in [-0.05, 0) is 52.3 Å². The van der Waals surface area contributed by atoms with Gasteiger partial charge in [0.1, 0.15) is 6.10 Å². The number of rotatable bonds is 7. The molecule has 2 aliphatic rings. The zero-order valence-corrected chi connectivity index (χ0v) is 28.2. The Balaban J connectivity index is 0.0000101. The highest BCUT2D eigenvalue weighted by Gasteiger charge is 2.33. The zero-order chi connectivity index (χ0) is 33.1. The van der Waals surface area contributed by atoms with Crippen molar-refractivity contribution in [2.24, 2.45) is 17.6 Å². The van der Waals surface area contributed by atoms with Gasteiger partial charge in [-0.3, -0.25) is 14.4 Å². The number of allylic oxidation sites excluding steroid dienone is 4. The number of aliphatic hydroxyl groups excluding tert-OH is 1. The second-order valence-electron chi connectivity index (χ2n) is 11.7. The smallest absolute Gasteiger partial charge is 0.405 e. The van der Waals surface area contributed by atoms with Gasteiger partial charge in [-0.25, -0.2) is 4.79 Å². The van der Waals surface area contributed by atoms with Crippen LogP contribution >= 0.6 is 12.4 Å². The third-order valence-corrected chi connectivity index (χ3v) is 7.65. The summed E-state index contributed by atoms with van der Waals surface area (Å²) in [5, 5.41) is 17.0. The molecule has 252 valence electrons. The number of hydrogen-bond donors (Lipinski definition) is 4. The Morgan fingerprint density at radius 3 is 2.40 bits per heavy atom. The van der Waals surface area contributed by atoms with Crippen LogP contribution in [0.15, 0.2) is 58.5 Å². The number of nitrogens with two attached hydrogens (primary N) is 1. The van der Waals surface area contributed by atoms with E-state index in [1.165, 1.54) is 20.3 Å². The number of amides is 2. The number of halogens is 1. The van der Waals surface area contributed by atoms with E-state index in [4.69, 9.17) is 19.9 Å². The minimum atomic E-state index is -0.997. The number of nitrogens with zero attached hydrogens (tertiary/aromatic N) is 1. The lowest BCUT2D eigenvalue weighted by molar-refractivity contribution is -0.120. The number of ether oxygens (including phenoxy) is 3. The molecule has 0 radical (unpaired) electrons. The average molecular weight is 653 g/mol. The predicted molar refractivity (Wildman–Crippen MR) is 173 cm³/mol. The van der Waals surface area contributed by atoms with Crippen LogP contribution in [0.2, 0.25) is 0 Å². The van der Waals surface area contributed by atoms with Gasteiger partial charge in [0.2, 0.25) is 11.6 Å². The van der Waals surface area contributed by atoms with Gasteiger partial charge < -0.3 is 40.6 Å². The number of fused-ring (bicyclic) bond motifs is 2. The first-order chi connectivity index (χ1) is 20.7. The highest BCUT2D eigenvalue weighted by atomic mass is 35.5. The predicted octanol–water partition coefficient (Wildman–Crippen LogP) is 2.34. The number of primary amides is 1. The van der Waals surface area contributed by atoms with Crippen molar-refractivity contribution in [3.63, 3.8) is 0 Å². The number of carbonyl (C=O) groups is 4. The molecule has 12 nitrogen and oxygen atoms in total. The lowest BCUT2D eigenvalue weighted by Crippen LogP contribution is -2.38. The first kappa shape index (κ1) is 39.7. The maximum absolute atomic E-state index is 13.7. The van der Waals surface area contributed by atoms with Crippen LogP contribution in [0.25, 0.3) is 0 Å². The number of methoxy groups -OCH3 is 2. The van der Waals surface area contributed by atoms with Crippen molar-refractivity contribution in [1.82, 2.24) is 15.5 Å². The number of carbonyl (C=O) groups excluding carboxylic acids is 4. The van der Waals surface area contributed by atoms with Crippen molar-refractivity contribution < 1.29 is 38.5 Å². The molecule has 6 atom stereocenters. The summed E-state index contributed by atoms with van der Waals surface area (Å²) in [6.07, 6.45) is 3.88. The van der Waals surface area contributed by atoms with Crippen LogP contribution in [0.4, 0.5) is 4.79 Å². The Morgan fingerprint density at radius 1 is 1.16 bits per heavy atom. The van der Waals surface area contributed by atoms with Crippen molar-refractivity contribution in [1.29, 1.82) is 0 Å². The van der Waals surface area contributed by atoms with Crippen molar-refractivity contribution in [2.75, 3.05) is 41.4 Å². The quantitative estimate of drug-likeness (QED) is 0.237.